The smallest absolute Gasteiger partial charge is 0.310 e. The third-order valence-electron chi connectivity index (χ3n) is 4.43. The Bertz CT molecular complexity index is 1270. The van der Waals surface area contributed by atoms with E-state index in [1.165, 1.54) is 11.3 Å². The van der Waals surface area contributed by atoms with Crippen LogP contribution in [0.1, 0.15) is 22.0 Å². The van der Waals surface area contributed by atoms with Gasteiger partial charge in [-0.25, -0.2) is 4.98 Å². The second-order valence-corrected chi connectivity index (χ2v) is 8.03. The molecule has 0 saturated carbocycles. The van der Waals surface area contributed by atoms with Crippen LogP contribution in [0.2, 0.25) is 5.02 Å². The van der Waals surface area contributed by atoms with Crippen LogP contribution >= 0.6 is 22.9 Å². The summed E-state index contributed by atoms with van der Waals surface area (Å²) in [7, 11) is 0. The molecule has 4 nitrogen and oxygen atoms in total. The van der Waals surface area contributed by atoms with Crippen molar-refractivity contribution < 1.29 is 13.2 Å². The molecule has 0 fully saturated rings. The van der Waals surface area contributed by atoms with Gasteiger partial charge in [-0.3, -0.25) is 9.78 Å². The van der Waals surface area contributed by atoms with E-state index in [1.54, 1.807) is 0 Å². The highest BCUT2D eigenvalue weighted by atomic mass is 35.5. The zero-order chi connectivity index (χ0) is 20.8. The number of alkyl halides is 3. The van der Waals surface area contributed by atoms with Crippen molar-refractivity contribution in [2.24, 2.45) is 0 Å². The molecule has 0 aliphatic rings. The third kappa shape index (κ3) is 3.77. The number of hydrogen-bond donors (Lipinski definition) is 1. The molecular weight excluding hydrogens is 423 g/mol. The quantitative estimate of drug-likeness (QED) is 0.454. The molecule has 29 heavy (non-hydrogen) atoms. The van der Waals surface area contributed by atoms with Crippen molar-refractivity contribution in [3.8, 4) is 11.1 Å². The summed E-state index contributed by atoms with van der Waals surface area (Å²) in [6, 6.07) is 10.4. The van der Waals surface area contributed by atoms with Gasteiger partial charge in [-0.2, -0.15) is 13.2 Å². The number of rotatable bonds is 3. The summed E-state index contributed by atoms with van der Waals surface area (Å²) in [5.41, 5.74) is 0.722. The van der Waals surface area contributed by atoms with Crippen molar-refractivity contribution in [1.29, 1.82) is 0 Å². The first-order valence-corrected chi connectivity index (χ1v) is 9.73. The number of halogens is 4. The summed E-state index contributed by atoms with van der Waals surface area (Å²) in [6.45, 7) is 1.92. The minimum atomic E-state index is -4.52. The number of benzene rings is 1. The molecular formula is C20H13ClF3N3OS. The first-order chi connectivity index (χ1) is 13.7. The number of nitrogens with one attached hydrogen (secondary N) is 1. The molecule has 0 spiro atoms. The Morgan fingerprint density at radius 1 is 1.21 bits per heavy atom. The molecule has 9 heteroatoms. The molecule has 0 aliphatic heterocycles. The van der Waals surface area contributed by atoms with Gasteiger partial charge in [0, 0.05) is 23.1 Å². The Labute approximate surface area is 172 Å². The highest BCUT2D eigenvalue weighted by molar-refractivity contribution is 7.19. The molecule has 0 aliphatic carbocycles. The maximum absolute atomic E-state index is 12.8. The van der Waals surface area contributed by atoms with Crippen LogP contribution in [0.3, 0.4) is 0 Å². The van der Waals surface area contributed by atoms with Gasteiger partial charge in [-0.1, -0.05) is 41.9 Å². The fourth-order valence-electron chi connectivity index (χ4n) is 3.11. The number of pyridine rings is 1. The van der Waals surface area contributed by atoms with Crippen molar-refractivity contribution in [3.05, 3.63) is 79.9 Å². The monoisotopic (exact) mass is 435 g/mol. The molecule has 3 aromatic heterocycles. The van der Waals surface area contributed by atoms with E-state index in [-0.39, 0.29) is 28.5 Å². The van der Waals surface area contributed by atoms with E-state index in [9.17, 15) is 18.0 Å². The summed E-state index contributed by atoms with van der Waals surface area (Å²) in [5, 5.41) is 0.365. The summed E-state index contributed by atoms with van der Waals surface area (Å²) in [5.74, 6) is 0.289. The normalized spacial score (nSPS) is 11.9. The first kappa shape index (κ1) is 19.6. The van der Waals surface area contributed by atoms with Crippen LogP contribution in [-0.4, -0.2) is 15.0 Å². The minimum Gasteiger partial charge on any atom is -0.310 e. The highest BCUT2D eigenvalue weighted by Crippen LogP contribution is 2.35. The van der Waals surface area contributed by atoms with Gasteiger partial charge >= 0.3 is 6.18 Å². The molecule has 148 valence electrons. The number of nitrogens with zero attached hydrogens (tertiary/aromatic N) is 2. The van der Waals surface area contributed by atoms with Gasteiger partial charge in [0.15, 0.2) is 0 Å². The number of H-pyrrole nitrogens is 1. The lowest BCUT2D eigenvalue weighted by Gasteiger charge is -2.09. The van der Waals surface area contributed by atoms with Crippen molar-refractivity contribution in [3.63, 3.8) is 0 Å². The third-order valence-corrected chi connectivity index (χ3v) is 5.76. The van der Waals surface area contributed by atoms with E-state index in [0.29, 0.717) is 10.2 Å². The largest absolute Gasteiger partial charge is 0.417 e. The van der Waals surface area contributed by atoms with Gasteiger partial charge in [-0.05, 0) is 18.6 Å². The fourth-order valence-corrected chi connectivity index (χ4v) is 4.41. The summed E-state index contributed by atoms with van der Waals surface area (Å²) in [6.07, 6.45) is -3.79. The standard InChI is InChI=1S/C20H13ClF3N3OS/c1-10-16(11-5-3-2-4-6-11)17-18(28)26-15(27-19(17)29-10)8-14-13(21)7-12(9-25-14)20(22,23)24/h2-7,9H,8H2,1H3,(H,26,27,28). The van der Waals surface area contributed by atoms with E-state index in [2.05, 4.69) is 15.0 Å². The number of fused-ring (bicyclic) bond motifs is 1. The molecule has 4 rings (SSSR count). The van der Waals surface area contributed by atoms with E-state index in [4.69, 9.17) is 11.6 Å². The maximum Gasteiger partial charge on any atom is 0.417 e. The summed E-state index contributed by atoms with van der Waals surface area (Å²) < 4.78 is 38.3. The van der Waals surface area contributed by atoms with Crippen LogP contribution < -0.4 is 5.56 Å². The zero-order valence-electron chi connectivity index (χ0n) is 15.0. The van der Waals surface area contributed by atoms with Gasteiger partial charge in [-0.15, -0.1) is 11.3 Å². The number of hydrogen-bond acceptors (Lipinski definition) is 4. The number of aromatic nitrogens is 3. The molecule has 0 saturated heterocycles. The van der Waals surface area contributed by atoms with E-state index < -0.39 is 11.7 Å². The second kappa shape index (κ2) is 7.27. The summed E-state index contributed by atoms with van der Waals surface area (Å²) >= 11 is 7.36. The lowest BCUT2D eigenvalue weighted by Crippen LogP contribution is -2.13. The van der Waals surface area contributed by atoms with Crippen LogP contribution in [-0.2, 0) is 12.6 Å². The van der Waals surface area contributed by atoms with Crippen molar-refractivity contribution in [1.82, 2.24) is 15.0 Å². The topological polar surface area (TPSA) is 58.6 Å². The molecule has 1 aromatic carbocycles. The molecule has 1 N–H and O–H groups in total. The fraction of sp³-hybridized carbons (Fsp3) is 0.150. The zero-order valence-corrected chi connectivity index (χ0v) is 16.5. The van der Waals surface area contributed by atoms with Crippen molar-refractivity contribution >= 4 is 33.2 Å². The van der Waals surface area contributed by atoms with Crippen LogP contribution in [0, 0.1) is 6.92 Å². The minimum absolute atomic E-state index is 0.0137. The van der Waals surface area contributed by atoms with Gasteiger partial charge in [0.2, 0.25) is 0 Å². The highest BCUT2D eigenvalue weighted by Gasteiger charge is 2.31. The Morgan fingerprint density at radius 3 is 2.59 bits per heavy atom. The number of aromatic amines is 1. The van der Waals surface area contributed by atoms with Gasteiger partial charge in [0.1, 0.15) is 10.7 Å². The van der Waals surface area contributed by atoms with E-state index in [0.717, 1.165) is 28.3 Å². The van der Waals surface area contributed by atoms with E-state index in [1.807, 2.05) is 37.3 Å². The second-order valence-electron chi connectivity index (χ2n) is 6.42. The predicted octanol–water partition coefficient (Wildman–Crippen LogP) is 5.62. The van der Waals surface area contributed by atoms with Gasteiger partial charge < -0.3 is 4.98 Å². The Balaban J connectivity index is 1.75. The Hall–Kier alpha value is -2.71. The molecule has 0 unspecified atom stereocenters. The first-order valence-electron chi connectivity index (χ1n) is 8.53. The molecule has 0 bridgehead atoms. The van der Waals surface area contributed by atoms with Crippen molar-refractivity contribution in [2.75, 3.05) is 0 Å². The van der Waals surface area contributed by atoms with E-state index >= 15 is 0 Å². The Kier molecular flexibility index (Phi) is 4.92. The van der Waals surface area contributed by atoms with Crippen LogP contribution in [0.5, 0.6) is 0 Å². The SMILES string of the molecule is Cc1sc2nc(Cc3ncc(C(F)(F)F)cc3Cl)[nH]c(=O)c2c1-c1ccccc1. The van der Waals surface area contributed by atoms with Crippen molar-refractivity contribution in [2.45, 2.75) is 19.5 Å². The molecule has 0 atom stereocenters. The lowest BCUT2D eigenvalue weighted by molar-refractivity contribution is -0.137. The number of thiophene rings is 1. The molecule has 3 heterocycles. The number of aryl methyl sites for hydroxylation is 1. The maximum atomic E-state index is 12.8. The summed E-state index contributed by atoms with van der Waals surface area (Å²) in [4.78, 5) is 25.3. The van der Waals surface area contributed by atoms with Crippen LogP contribution in [0.25, 0.3) is 21.3 Å². The molecule has 4 aromatic rings. The molecule has 0 radical (unpaired) electrons. The average Bonchev–Trinajstić information content (AvgIpc) is 2.99. The van der Waals surface area contributed by atoms with Crippen LogP contribution in [0.4, 0.5) is 13.2 Å². The molecule has 0 amide bonds. The van der Waals surface area contributed by atoms with Crippen LogP contribution in [0.15, 0.2) is 47.4 Å². The Morgan fingerprint density at radius 2 is 1.93 bits per heavy atom. The average molecular weight is 436 g/mol. The van der Waals surface area contributed by atoms with Gasteiger partial charge in [0.05, 0.1) is 21.7 Å². The van der Waals surface area contributed by atoms with Gasteiger partial charge in [0.25, 0.3) is 5.56 Å². The lowest BCUT2D eigenvalue weighted by atomic mass is 10.0. The predicted molar refractivity (Wildman–Crippen MR) is 107 cm³/mol.